The molecule has 0 amide bonds. The van der Waals surface area contributed by atoms with E-state index in [2.05, 4.69) is 31.2 Å². The maximum Gasteiger partial charge on any atom is 0.379 e. The van der Waals surface area contributed by atoms with Gasteiger partial charge in [0.15, 0.2) is 6.29 Å². The van der Waals surface area contributed by atoms with Gasteiger partial charge in [-0.3, -0.25) is 4.57 Å². The zero-order chi connectivity index (χ0) is 27.8. The smallest absolute Gasteiger partial charge is 0.379 e. The van der Waals surface area contributed by atoms with Gasteiger partial charge in [0.05, 0.1) is 7.11 Å². The van der Waals surface area contributed by atoms with Crippen LogP contribution < -0.4 is 0 Å². The number of hydrogen-bond donors (Lipinski definition) is 2. The zero-order valence-electron chi connectivity index (χ0n) is 24.3. The average Bonchev–Trinajstić information content (AvgIpc) is 2.90. The van der Waals surface area contributed by atoms with Gasteiger partial charge in [0, 0.05) is 0 Å². The number of thiol groups is 1. The molecule has 0 heterocycles. The third-order valence-corrected chi connectivity index (χ3v) is 7.85. The van der Waals surface area contributed by atoms with Crippen LogP contribution in [-0.4, -0.2) is 35.4 Å². The molecule has 4 atom stereocenters. The number of aliphatic hydroxyl groups is 1. The number of carbonyl (C=O) groups excluding carboxylic acids is 1. The van der Waals surface area contributed by atoms with Gasteiger partial charge in [-0.25, -0.2) is 4.79 Å². The van der Waals surface area contributed by atoms with Crippen molar-refractivity contribution in [2.45, 2.75) is 166 Å². The number of methoxy groups -OCH3 is 1. The molecule has 0 saturated carbocycles. The highest BCUT2D eigenvalue weighted by atomic mass is 32.1. The van der Waals surface area contributed by atoms with Crippen molar-refractivity contribution >= 4 is 27.1 Å². The predicted octanol–water partition coefficient (Wildman–Crippen LogP) is 9.19. The molecule has 220 valence electrons. The third kappa shape index (κ3) is 19.5. The summed E-state index contributed by atoms with van der Waals surface area (Å²) in [5.74, 6) is -0.610. The molecule has 4 unspecified atom stereocenters. The number of ether oxygens (including phenoxy) is 3. The Morgan fingerprint density at radius 1 is 0.811 bits per heavy atom. The van der Waals surface area contributed by atoms with Crippen molar-refractivity contribution in [3.05, 3.63) is 0 Å². The fraction of sp³-hybridized carbons (Fsp3) is 0.966. The largest absolute Gasteiger partial charge is 0.464 e. The minimum Gasteiger partial charge on any atom is -0.464 e. The van der Waals surface area contributed by atoms with Gasteiger partial charge in [-0.15, -0.1) is 12.6 Å². The van der Waals surface area contributed by atoms with Crippen LogP contribution in [-0.2, 0) is 23.6 Å². The Hall–Kier alpha value is -0.200. The van der Waals surface area contributed by atoms with Crippen LogP contribution in [0.25, 0.3) is 0 Å². The van der Waals surface area contributed by atoms with Gasteiger partial charge in [-0.1, -0.05) is 136 Å². The van der Waals surface area contributed by atoms with Gasteiger partial charge < -0.3 is 19.3 Å². The highest BCUT2D eigenvalue weighted by Gasteiger charge is 2.43. The minimum atomic E-state index is -2.57. The quantitative estimate of drug-likeness (QED) is 0.0340. The molecule has 0 aliphatic heterocycles. The fourth-order valence-electron chi connectivity index (χ4n) is 4.66. The molecule has 37 heavy (non-hydrogen) atoms. The van der Waals surface area contributed by atoms with E-state index < -0.39 is 31.7 Å². The highest BCUT2D eigenvalue weighted by Crippen LogP contribution is 2.30. The second-order valence-electron chi connectivity index (χ2n) is 10.4. The molecule has 0 saturated heterocycles. The zero-order valence-corrected chi connectivity index (χ0v) is 26.0. The van der Waals surface area contributed by atoms with Crippen LogP contribution in [0.5, 0.6) is 0 Å². The Morgan fingerprint density at radius 3 is 1.62 bits per heavy atom. The van der Waals surface area contributed by atoms with Crippen molar-refractivity contribution in [2.24, 2.45) is 5.92 Å². The van der Waals surface area contributed by atoms with Gasteiger partial charge in [-0.2, -0.15) is 0 Å². The number of unbranched alkanes of at least 4 members (excludes halogenated alkanes) is 14. The summed E-state index contributed by atoms with van der Waals surface area (Å²) in [5.41, 5.74) is -2.97. The van der Waals surface area contributed by atoms with Crippen molar-refractivity contribution in [3.63, 3.8) is 0 Å². The van der Waals surface area contributed by atoms with Gasteiger partial charge in [-0.05, 0) is 18.8 Å². The van der Waals surface area contributed by atoms with E-state index in [4.69, 9.17) is 9.47 Å². The summed E-state index contributed by atoms with van der Waals surface area (Å²) < 4.78 is 27.1. The Labute approximate surface area is 235 Å². The van der Waals surface area contributed by atoms with Crippen molar-refractivity contribution < 1.29 is 28.7 Å². The van der Waals surface area contributed by atoms with E-state index in [1.165, 1.54) is 103 Å². The van der Waals surface area contributed by atoms with E-state index in [1.807, 2.05) is 6.92 Å². The Balaban J connectivity index is 4.61. The molecular formula is C29H57O6PS. The van der Waals surface area contributed by atoms with Crippen molar-refractivity contribution in [1.29, 1.82) is 0 Å². The minimum absolute atomic E-state index is 0.367. The van der Waals surface area contributed by atoms with Crippen LogP contribution in [0.3, 0.4) is 0 Å². The van der Waals surface area contributed by atoms with E-state index in [0.717, 1.165) is 26.4 Å². The maximum atomic E-state index is 11.8. The summed E-state index contributed by atoms with van der Waals surface area (Å²) >= 11 is 4.65. The Morgan fingerprint density at radius 2 is 1.24 bits per heavy atom. The molecule has 6 nitrogen and oxygen atoms in total. The molecule has 0 aromatic rings. The molecule has 0 spiro atoms. The molecule has 0 rings (SSSR count). The SMILES string of the molecule is CCCCCCCCCCCCC(CCCCCCCC)CC(S)OC(CC)OC(O)(P=O)C(=O)OC. The van der Waals surface area contributed by atoms with E-state index in [9.17, 15) is 14.5 Å². The summed E-state index contributed by atoms with van der Waals surface area (Å²) in [6.07, 6.45) is 23.5. The summed E-state index contributed by atoms with van der Waals surface area (Å²) in [4.78, 5) is 11.8. The van der Waals surface area contributed by atoms with Crippen molar-refractivity contribution in [3.8, 4) is 0 Å². The molecule has 0 aromatic heterocycles. The molecule has 0 aliphatic carbocycles. The first-order chi connectivity index (χ1) is 17.9. The van der Waals surface area contributed by atoms with Gasteiger partial charge >= 0.3 is 11.5 Å². The lowest BCUT2D eigenvalue weighted by Gasteiger charge is -2.28. The highest BCUT2D eigenvalue weighted by molar-refractivity contribution is 7.80. The van der Waals surface area contributed by atoms with Crippen molar-refractivity contribution in [1.82, 2.24) is 0 Å². The molecule has 0 aliphatic rings. The van der Waals surface area contributed by atoms with Crippen LogP contribution in [0.15, 0.2) is 0 Å². The van der Waals surface area contributed by atoms with E-state index >= 15 is 0 Å². The molecular weight excluding hydrogens is 507 g/mol. The normalized spacial score (nSPS) is 15.8. The Bertz CT molecular complexity index is 552. The van der Waals surface area contributed by atoms with Gasteiger partial charge in [0.25, 0.3) is 0 Å². The summed E-state index contributed by atoms with van der Waals surface area (Å²) in [6.45, 7) is 6.31. The number of carbonyl (C=O) groups is 1. The first kappa shape index (κ1) is 36.8. The second kappa shape index (κ2) is 24.8. The number of hydrogen-bond acceptors (Lipinski definition) is 7. The fourth-order valence-corrected chi connectivity index (χ4v) is 5.42. The monoisotopic (exact) mass is 564 g/mol. The lowest BCUT2D eigenvalue weighted by molar-refractivity contribution is -0.257. The molecule has 0 bridgehead atoms. The van der Waals surface area contributed by atoms with Crippen LogP contribution in [0.4, 0.5) is 0 Å². The third-order valence-electron chi connectivity index (χ3n) is 6.98. The van der Waals surface area contributed by atoms with Gasteiger partial charge in [0.1, 0.15) is 5.44 Å². The number of rotatable bonds is 27. The Kier molecular flexibility index (Phi) is 24.7. The van der Waals surface area contributed by atoms with Gasteiger partial charge in [0.2, 0.25) is 8.46 Å². The maximum absolute atomic E-state index is 11.8. The standard InChI is InChI=1S/C29H57O6PS/c1-5-8-10-12-14-15-16-17-19-21-23-25(22-20-18-13-11-9-6-2)24-27(37)34-26(7-3)35-29(31,36-32)28(30)33-4/h25-27,31,37H,5-24H2,1-4H3. The second-order valence-corrected chi connectivity index (χ2v) is 11.7. The number of esters is 1. The summed E-state index contributed by atoms with van der Waals surface area (Å²) in [6, 6.07) is 0. The molecule has 0 aromatic carbocycles. The van der Waals surface area contributed by atoms with Crippen LogP contribution in [0, 0.1) is 5.92 Å². The van der Waals surface area contributed by atoms with Crippen LogP contribution >= 0.6 is 21.1 Å². The lowest BCUT2D eigenvalue weighted by Crippen LogP contribution is -2.41. The van der Waals surface area contributed by atoms with E-state index in [0.29, 0.717) is 12.3 Å². The molecule has 8 heteroatoms. The molecule has 1 N–H and O–H groups in total. The molecule has 0 fully saturated rings. The van der Waals surface area contributed by atoms with E-state index in [-0.39, 0.29) is 0 Å². The van der Waals surface area contributed by atoms with E-state index in [1.54, 1.807) is 0 Å². The first-order valence-corrected chi connectivity index (χ1v) is 16.4. The first-order valence-electron chi connectivity index (χ1n) is 15.0. The van der Waals surface area contributed by atoms with Crippen LogP contribution in [0.2, 0.25) is 0 Å². The summed E-state index contributed by atoms with van der Waals surface area (Å²) in [5, 5.41) is 10.2. The molecule has 0 radical (unpaired) electrons. The lowest BCUT2D eigenvalue weighted by atomic mass is 9.91. The summed E-state index contributed by atoms with van der Waals surface area (Å²) in [7, 11) is 0.210. The average molecular weight is 565 g/mol. The topological polar surface area (TPSA) is 82.1 Å². The predicted molar refractivity (Wildman–Crippen MR) is 156 cm³/mol. The van der Waals surface area contributed by atoms with Crippen LogP contribution in [0.1, 0.15) is 149 Å². The van der Waals surface area contributed by atoms with Crippen molar-refractivity contribution in [2.75, 3.05) is 7.11 Å².